The quantitative estimate of drug-likeness (QED) is 0.826. The highest BCUT2D eigenvalue weighted by Gasteiger charge is 2.06. The van der Waals surface area contributed by atoms with E-state index in [9.17, 15) is 9.59 Å². The number of carboxylic acid groups (broad SMARTS) is 1. The van der Waals surface area contributed by atoms with Gasteiger partial charge in [-0.15, -0.1) is 0 Å². The van der Waals surface area contributed by atoms with Crippen LogP contribution >= 0.6 is 0 Å². The molecule has 0 radical (unpaired) electrons. The fourth-order valence-electron chi connectivity index (χ4n) is 1.52. The summed E-state index contributed by atoms with van der Waals surface area (Å²) in [4.78, 5) is 28.1. The molecule has 0 spiro atoms. The number of benzene rings is 1. The molecule has 1 heterocycles. The first kappa shape index (κ1) is 11.1. The predicted octanol–water partition coefficient (Wildman–Crippen LogP) is 1.06. The Labute approximate surface area is 96.8 Å². The number of carbonyl (C=O) groups is 1. The van der Waals surface area contributed by atoms with Gasteiger partial charge in [0.05, 0.1) is 12.1 Å². The van der Waals surface area contributed by atoms with Crippen molar-refractivity contribution in [1.82, 2.24) is 9.97 Å². The topological polar surface area (TPSA) is 83.0 Å². The summed E-state index contributed by atoms with van der Waals surface area (Å²) in [6.45, 7) is 0. The Morgan fingerprint density at radius 1 is 1.29 bits per heavy atom. The number of rotatable bonds is 3. The van der Waals surface area contributed by atoms with Crippen molar-refractivity contribution in [2.24, 2.45) is 0 Å². The normalized spacial score (nSPS) is 10.1. The molecule has 0 amide bonds. The second-order valence-corrected chi connectivity index (χ2v) is 3.53. The van der Waals surface area contributed by atoms with E-state index in [2.05, 4.69) is 9.97 Å². The van der Waals surface area contributed by atoms with Gasteiger partial charge >= 0.3 is 11.7 Å². The molecule has 2 aromatic rings. The third-order valence-electron chi connectivity index (χ3n) is 2.21. The summed E-state index contributed by atoms with van der Waals surface area (Å²) in [7, 11) is 0. The molecule has 86 valence electrons. The van der Waals surface area contributed by atoms with Gasteiger partial charge in [-0.25, -0.2) is 4.79 Å². The summed E-state index contributed by atoms with van der Waals surface area (Å²) < 4.78 is 0. The highest BCUT2D eigenvalue weighted by Crippen LogP contribution is 2.15. The molecule has 0 bridgehead atoms. The van der Waals surface area contributed by atoms with Crippen molar-refractivity contribution in [3.63, 3.8) is 0 Å². The molecule has 0 atom stereocenters. The molecule has 0 fully saturated rings. The van der Waals surface area contributed by atoms with Gasteiger partial charge in [-0.2, -0.15) is 4.98 Å². The van der Waals surface area contributed by atoms with Crippen LogP contribution in [-0.4, -0.2) is 21.0 Å². The Kier molecular flexibility index (Phi) is 3.00. The lowest BCUT2D eigenvalue weighted by atomic mass is 10.1. The average Bonchev–Trinajstić information content (AvgIpc) is 2.28. The summed E-state index contributed by atoms with van der Waals surface area (Å²) in [6, 6.07) is 10.7. The van der Waals surface area contributed by atoms with Crippen LogP contribution in [0.3, 0.4) is 0 Å². The van der Waals surface area contributed by atoms with Crippen molar-refractivity contribution in [3.05, 3.63) is 52.6 Å². The molecule has 0 saturated carbocycles. The number of hydrogen-bond acceptors (Lipinski definition) is 3. The summed E-state index contributed by atoms with van der Waals surface area (Å²) in [6.07, 6.45) is -0.225. The molecule has 17 heavy (non-hydrogen) atoms. The van der Waals surface area contributed by atoms with E-state index < -0.39 is 11.7 Å². The van der Waals surface area contributed by atoms with Crippen molar-refractivity contribution in [3.8, 4) is 11.3 Å². The van der Waals surface area contributed by atoms with Crippen LogP contribution in [0.5, 0.6) is 0 Å². The summed E-state index contributed by atoms with van der Waals surface area (Å²) in [5, 5.41) is 8.68. The highest BCUT2D eigenvalue weighted by atomic mass is 16.4. The number of aliphatic carboxylic acids is 1. The standard InChI is InChI=1S/C12H10N2O3/c15-11(16)7-9-6-10(14-12(17)13-9)8-4-2-1-3-5-8/h1-6H,7H2,(H,15,16)(H,13,14,17). The zero-order valence-corrected chi connectivity index (χ0v) is 8.88. The van der Waals surface area contributed by atoms with Gasteiger partial charge < -0.3 is 10.1 Å². The van der Waals surface area contributed by atoms with Gasteiger partial charge in [-0.05, 0) is 6.07 Å². The lowest BCUT2D eigenvalue weighted by Crippen LogP contribution is -2.15. The van der Waals surface area contributed by atoms with E-state index in [4.69, 9.17) is 5.11 Å². The number of hydrogen-bond donors (Lipinski definition) is 2. The average molecular weight is 230 g/mol. The summed E-state index contributed by atoms with van der Waals surface area (Å²) >= 11 is 0. The smallest absolute Gasteiger partial charge is 0.345 e. The SMILES string of the molecule is O=C(O)Cc1cc(-c2ccccc2)nc(=O)[nH]1. The minimum Gasteiger partial charge on any atom is -0.481 e. The number of aromatic nitrogens is 2. The molecule has 5 heteroatoms. The molecule has 5 nitrogen and oxygen atoms in total. The Morgan fingerprint density at radius 2 is 2.00 bits per heavy atom. The van der Waals surface area contributed by atoms with Crippen LogP contribution in [0, 0.1) is 0 Å². The highest BCUT2D eigenvalue weighted by molar-refractivity contribution is 5.70. The largest absolute Gasteiger partial charge is 0.481 e. The number of nitrogens with one attached hydrogen (secondary N) is 1. The third kappa shape index (κ3) is 2.78. The molecule has 0 unspecified atom stereocenters. The van der Waals surface area contributed by atoms with Gasteiger partial charge in [0.15, 0.2) is 0 Å². The first-order chi connectivity index (χ1) is 8.15. The lowest BCUT2D eigenvalue weighted by molar-refractivity contribution is -0.136. The van der Waals surface area contributed by atoms with E-state index >= 15 is 0 Å². The zero-order chi connectivity index (χ0) is 12.3. The summed E-state index contributed by atoms with van der Waals surface area (Å²) in [5.41, 5.74) is 1.06. The van der Waals surface area contributed by atoms with Crippen LogP contribution in [0.15, 0.2) is 41.2 Å². The number of aromatic amines is 1. The van der Waals surface area contributed by atoms with Gasteiger partial charge in [0.25, 0.3) is 0 Å². The molecule has 0 aliphatic carbocycles. The zero-order valence-electron chi connectivity index (χ0n) is 8.88. The van der Waals surface area contributed by atoms with Crippen molar-refractivity contribution < 1.29 is 9.90 Å². The molecule has 2 rings (SSSR count). The first-order valence-electron chi connectivity index (χ1n) is 5.02. The Hall–Kier alpha value is -2.43. The molecule has 1 aromatic heterocycles. The monoisotopic (exact) mass is 230 g/mol. The van der Waals surface area contributed by atoms with Gasteiger partial charge in [-0.3, -0.25) is 4.79 Å². The van der Waals surface area contributed by atoms with E-state index in [1.54, 1.807) is 6.07 Å². The van der Waals surface area contributed by atoms with E-state index in [0.29, 0.717) is 11.4 Å². The van der Waals surface area contributed by atoms with Crippen molar-refractivity contribution in [1.29, 1.82) is 0 Å². The van der Waals surface area contributed by atoms with Crippen LogP contribution in [0.1, 0.15) is 5.69 Å². The maximum Gasteiger partial charge on any atom is 0.345 e. The predicted molar refractivity (Wildman–Crippen MR) is 61.6 cm³/mol. The van der Waals surface area contributed by atoms with E-state index in [0.717, 1.165) is 5.56 Å². The van der Waals surface area contributed by atoms with Crippen LogP contribution in [0.25, 0.3) is 11.3 Å². The molecule has 0 saturated heterocycles. The van der Waals surface area contributed by atoms with Crippen LogP contribution in [0.4, 0.5) is 0 Å². The van der Waals surface area contributed by atoms with E-state index in [1.807, 2.05) is 30.3 Å². The fourth-order valence-corrected chi connectivity index (χ4v) is 1.52. The second-order valence-electron chi connectivity index (χ2n) is 3.53. The number of carboxylic acids is 1. The Balaban J connectivity index is 2.45. The molecule has 0 aliphatic heterocycles. The van der Waals surface area contributed by atoms with Crippen LogP contribution in [0.2, 0.25) is 0 Å². The van der Waals surface area contributed by atoms with Gasteiger partial charge in [0, 0.05) is 11.3 Å². The fraction of sp³-hybridized carbons (Fsp3) is 0.0833. The number of H-pyrrole nitrogens is 1. The minimum atomic E-state index is -0.995. The maximum absolute atomic E-state index is 11.3. The van der Waals surface area contributed by atoms with Gasteiger partial charge in [0.1, 0.15) is 0 Å². The van der Waals surface area contributed by atoms with E-state index in [-0.39, 0.29) is 6.42 Å². The van der Waals surface area contributed by atoms with E-state index in [1.165, 1.54) is 0 Å². The summed E-state index contributed by atoms with van der Waals surface area (Å²) in [5.74, 6) is -0.995. The van der Waals surface area contributed by atoms with Gasteiger partial charge in [-0.1, -0.05) is 30.3 Å². The van der Waals surface area contributed by atoms with Crippen molar-refractivity contribution in [2.45, 2.75) is 6.42 Å². The van der Waals surface area contributed by atoms with Crippen LogP contribution < -0.4 is 5.69 Å². The molecular weight excluding hydrogens is 220 g/mol. The molecule has 1 aromatic carbocycles. The maximum atomic E-state index is 11.3. The third-order valence-corrected chi connectivity index (χ3v) is 2.21. The van der Waals surface area contributed by atoms with Crippen molar-refractivity contribution in [2.75, 3.05) is 0 Å². The van der Waals surface area contributed by atoms with Gasteiger partial charge in [0.2, 0.25) is 0 Å². The van der Waals surface area contributed by atoms with Crippen molar-refractivity contribution >= 4 is 5.97 Å². The Morgan fingerprint density at radius 3 is 2.65 bits per heavy atom. The lowest BCUT2D eigenvalue weighted by Gasteiger charge is -2.02. The first-order valence-corrected chi connectivity index (χ1v) is 5.02. The van der Waals surface area contributed by atoms with Crippen LogP contribution in [-0.2, 0) is 11.2 Å². The minimum absolute atomic E-state index is 0.225. The second kappa shape index (κ2) is 4.61. The molecular formula is C12H10N2O3. The Bertz CT molecular complexity index is 590. The number of nitrogens with zero attached hydrogens (tertiary/aromatic N) is 1. The molecule has 2 N–H and O–H groups in total. The molecule has 0 aliphatic rings.